The Morgan fingerprint density at radius 1 is 0.909 bits per heavy atom. The molecule has 9 heteroatoms. The third kappa shape index (κ3) is 8.35. The molecule has 0 fully saturated rings. The molecule has 0 heterocycles. The van der Waals surface area contributed by atoms with Gasteiger partial charge in [-0.2, -0.15) is 0 Å². The van der Waals surface area contributed by atoms with Crippen LogP contribution >= 0.6 is 23.2 Å². The Kier molecular flexibility index (Phi) is 10.2. The fourth-order valence-corrected chi connectivity index (χ4v) is 3.78. The maximum absolute atomic E-state index is 12.7. The molecule has 0 aliphatic carbocycles. The summed E-state index contributed by atoms with van der Waals surface area (Å²) < 4.78 is 0. The second kappa shape index (κ2) is 12.6. The van der Waals surface area contributed by atoms with Crippen LogP contribution in [0.1, 0.15) is 24.5 Å². The van der Waals surface area contributed by atoms with E-state index >= 15 is 0 Å². The Balaban J connectivity index is 1.92. The van der Waals surface area contributed by atoms with Crippen molar-refractivity contribution in [3.8, 4) is 0 Å². The molecule has 2 aromatic rings. The summed E-state index contributed by atoms with van der Waals surface area (Å²) in [4.78, 5) is 40.8. The molecule has 2 N–H and O–H groups in total. The molecule has 2 aromatic carbocycles. The van der Waals surface area contributed by atoms with E-state index in [4.69, 9.17) is 23.2 Å². The molecule has 0 spiro atoms. The standard InChI is InChI=1S/C24H30Cl2N4O3/c1-5-11-30(14-22(32)27-20-10-9-18(25)12-19(20)26)15-23(33)29(4)13-21(31)28-24-16(2)7-6-8-17(24)3/h6-10,12H,5,11,13-15H2,1-4H3,(H,27,32)(H,28,31). The topological polar surface area (TPSA) is 81.8 Å². The predicted molar refractivity (Wildman–Crippen MR) is 134 cm³/mol. The van der Waals surface area contributed by atoms with Crippen LogP contribution in [0.5, 0.6) is 0 Å². The number of likely N-dealkylation sites (N-methyl/N-ethyl adjacent to an activating group) is 1. The number of nitrogens with one attached hydrogen (secondary N) is 2. The lowest BCUT2D eigenvalue weighted by atomic mass is 10.1. The lowest BCUT2D eigenvalue weighted by Crippen LogP contribution is -2.44. The zero-order valence-corrected chi connectivity index (χ0v) is 20.9. The first kappa shape index (κ1) is 26.6. The fourth-order valence-electron chi connectivity index (χ4n) is 3.32. The average Bonchev–Trinajstić information content (AvgIpc) is 2.73. The minimum atomic E-state index is -0.295. The highest BCUT2D eigenvalue weighted by atomic mass is 35.5. The van der Waals surface area contributed by atoms with Crippen molar-refractivity contribution in [2.24, 2.45) is 0 Å². The summed E-state index contributed by atoms with van der Waals surface area (Å²) in [5.41, 5.74) is 3.12. The number of amides is 3. The van der Waals surface area contributed by atoms with Gasteiger partial charge in [-0.15, -0.1) is 0 Å². The van der Waals surface area contributed by atoms with Gasteiger partial charge in [-0.05, 0) is 56.1 Å². The van der Waals surface area contributed by atoms with Gasteiger partial charge in [0.25, 0.3) is 0 Å². The van der Waals surface area contributed by atoms with E-state index < -0.39 is 0 Å². The van der Waals surface area contributed by atoms with Crippen LogP contribution in [-0.2, 0) is 14.4 Å². The number of benzene rings is 2. The number of hydrogen-bond acceptors (Lipinski definition) is 4. The Bertz CT molecular complexity index is 993. The maximum atomic E-state index is 12.7. The van der Waals surface area contributed by atoms with Crippen LogP contribution in [0.3, 0.4) is 0 Å². The summed E-state index contributed by atoms with van der Waals surface area (Å²) in [5.74, 6) is -0.825. The molecule has 0 saturated heterocycles. The first-order valence-corrected chi connectivity index (χ1v) is 11.4. The van der Waals surface area contributed by atoms with Crippen molar-refractivity contribution >= 4 is 52.3 Å². The zero-order valence-electron chi connectivity index (χ0n) is 19.4. The van der Waals surface area contributed by atoms with Gasteiger partial charge in [-0.3, -0.25) is 19.3 Å². The molecular weight excluding hydrogens is 463 g/mol. The van der Waals surface area contributed by atoms with Gasteiger partial charge in [0.15, 0.2) is 0 Å². The summed E-state index contributed by atoms with van der Waals surface area (Å²) in [5, 5.41) is 6.43. The van der Waals surface area contributed by atoms with Gasteiger partial charge in [0.1, 0.15) is 0 Å². The summed E-state index contributed by atoms with van der Waals surface area (Å²) in [7, 11) is 1.57. The van der Waals surface area contributed by atoms with Crippen LogP contribution in [0.4, 0.5) is 11.4 Å². The van der Waals surface area contributed by atoms with Crippen molar-refractivity contribution in [2.45, 2.75) is 27.2 Å². The number of rotatable bonds is 10. The molecule has 0 aliphatic rings. The third-order valence-electron chi connectivity index (χ3n) is 5.02. The fraction of sp³-hybridized carbons (Fsp3) is 0.375. The van der Waals surface area contributed by atoms with Gasteiger partial charge in [0, 0.05) is 17.8 Å². The predicted octanol–water partition coefficient (Wildman–Crippen LogP) is 4.36. The smallest absolute Gasteiger partial charge is 0.243 e. The lowest BCUT2D eigenvalue weighted by Gasteiger charge is -2.24. The van der Waals surface area contributed by atoms with E-state index in [1.165, 1.54) is 4.90 Å². The largest absolute Gasteiger partial charge is 0.335 e. The van der Waals surface area contributed by atoms with Crippen molar-refractivity contribution in [3.05, 3.63) is 57.6 Å². The Labute approximate surface area is 205 Å². The molecule has 3 amide bonds. The normalized spacial score (nSPS) is 10.8. The zero-order chi connectivity index (χ0) is 24.5. The van der Waals surface area contributed by atoms with Gasteiger partial charge < -0.3 is 15.5 Å². The Morgan fingerprint density at radius 2 is 1.55 bits per heavy atom. The minimum Gasteiger partial charge on any atom is -0.335 e. The number of carbonyl (C=O) groups is 3. The van der Waals surface area contributed by atoms with E-state index in [1.54, 1.807) is 30.1 Å². The number of nitrogens with zero attached hydrogens (tertiary/aromatic N) is 2. The monoisotopic (exact) mass is 492 g/mol. The van der Waals surface area contributed by atoms with Crippen LogP contribution in [0.15, 0.2) is 36.4 Å². The lowest BCUT2D eigenvalue weighted by molar-refractivity contribution is -0.134. The summed E-state index contributed by atoms with van der Waals surface area (Å²) in [6, 6.07) is 10.6. The molecule has 2 rings (SSSR count). The minimum absolute atomic E-state index is 0.0149. The van der Waals surface area contributed by atoms with E-state index in [0.717, 1.165) is 23.2 Å². The quantitative estimate of drug-likeness (QED) is 0.516. The van der Waals surface area contributed by atoms with Gasteiger partial charge in [-0.25, -0.2) is 0 Å². The highest BCUT2D eigenvalue weighted by molar-refractivity contribution is 6.36. The SMILES string of the molecule is CCCN(CC(=O)Nc1ccc(Cl)cc1Cl)CC(=O)N(C)CC(=O)Nc1c(C)cccc1C. The van der Waals surface area contributed by atoms with Gasteiger partial charge in [0.05, 0.1) is 30.3 Å². The number of hydrogen-bond donors (Lipinski definition) is 2. The van der Waals surface area contributed by atoms with Crippen molar-refractivity contribution in [1.29, 1.82) is 0 Å². The van der Waals surface area contributed by atoms with Crippen molar-refractivity contribution < 1.29 is 14.4 Å². The molecule has 0 bridgehead atoms. The number of aryl methyl sites for hydroxylation is 2. The van der Waals surface area contributed by atoms with E-state index in [0.29, 0.717) is 22.3 Å². The average molecular weight is 493 g/mol. The van der Waals surface area contributed by atoms with E-state index in [2.05, 4.69) is 10.6 Å². The van der Waals surface area contributed by atoms with Crippen LogP contribution in [0, 0.1) is 13.8 Å². The van der Waals surface area contributed by atoms with Crippen LogP contribution in [0.2, 0.25) is 10.0 Å². The van der Waals surface area contributed by atoms with Gasteiger partial charge >= 0.3 is 0 Å². The van der Waals surface area contributed by atoms with Crippen molar-refractivity contribution in [2.75, 3.05) is 43.9 Å². The molecule has 178 valence electrons. The number of halogens is 2. The van der Waals surface area contributed by atoms with E-state index in [1.807, 2.05) is 39.0 Å². The first-order valence-electron chi connectivity index (χ1n) is 10.7. The molecule has 0 aliphatic heterocycles. The second-order valence-corrected chi connectivity index (χ2v) is 8.79. The molecular formula is C24H30Cl2N4O3. The maximum Gasteiger partial charge on any atom is 0.243 e. The Hall–Kier alpha value is -2.61. The van der Waals surface area contributed by atoms with E-state index in [9.17, 15) is 14.4 Å². The molecule has 0 saturated carbocycles. The third-order valence-corrected chi connectivity index (χ3v) is 5.57. The molecule has 0 aromatic heterocycles. The van der Waals surface area contributed by atoms with Gasteiger partial charge in [0.2, 0.25) is 17.7 Å². The highest BCUT2D eigenvalue weighted by Gasteiger charge is 2.19. The number of anilines is 2. The molecule has 7 nitrogen and oxygen atoms in total. The number of carbonyl (C=O) groups excluding carboxylic acids is 3. The molecule has 0 radical (unpaired) electrons. The summed E-state index contributed by atoms with van der Waals surface area (Å²) in [6.45, 7) is 6.30. The molecule has 33 heavy (non-hydrogen) atoms. The summed E-state index contributed by atoms with van der Waals surface area (Å²) in [6.07, 6.45) is 0.763. The van der Waals surface area contributed by atoms with E-state index in [-0.39, 0.29) is 37.4 Å². The summed E-state index contributed by atoms with van der Waals surface area (Å²) >= 11 is 12.0. The highest BCUT2D eigenvalue weighted by Crippen LogP contribution is 2.25. The van der Waals surface area contributed by atoms with Crippen molar-refractivity contribution in [1.82, 2.24) is 9.80 Å². The van der Waals surface area contributed by atoms with Crippen LogP contribution in [0.25, 0.3) is 0 Å². The first-order chi connectivity index (χ1) is 15.6. The Morgan fingerprint density at radius 3 is 2.15 bits per heavy atom. The molecule has 0 atom stereocenters. The van der Waals surface area contributed by atoms with Gasteiger partial charge in [-0.1, -0.05) is 48.3 Å². The number of para-hydroxylation sites is 1. The molecule has 0 unspecified atom stereocenters. The van der Waals surface area contributed by atoms with Crippen molar-refractivity contribution in [3.63, 3.8) is 0 Å². The second-order valence-electron chi connectivity index (χ2n) is 7.95. The van der Waals surface area contributed by atoms with Crippen LogP contribution < -0.4 is 10.6 Å². The van der Waals surface area contributed by atoms with Crippen LogP contribution in [-0.4, -0.2) is 60.7 Å².